The third-order valence-electron chi connectivity index (χ3n) is 5.14. The summed E-state index contributed by atoms with van der Waals surface area (Å²) in [6.45, 7) is 1.73. The molecule has 1 aliphatic heterocycles. The molecule has 29 heavy (non-hydrogen) atoms. The monoisotopic (exact) mass is 391 g/mol. The summed E-state index contributed by atoms with van der Waals surface area (Å²) in [7, 11) is 0. The first-order chi connectivity index (χ1) is 14.3. The van der Waals surface area contributed by atoms with E-state index in [1.165, 1.54) is 18.4 Å². The molecule has 4 heteroatoms. The molecule has 2 aromatic rings. The van der Waals surface area contributed by atoms with Gasteiger partial charge in [0.1, 0.15) is 11.5 Å². The van der Waals surface area contributed by atoms with E-state index in [1.54, 1.807) is 0 Å². The van der Waals surface area contributed by atoms with Crippen LogP contribution in [-0.4, -0.2) is 24.9 Å². The van der Waals surface area contributed by atoms with Crippen LogP contribution in [0, 0.1) is 11.3 Å². The number of fused-ring (bicyclic) bond motifs is 1. The number of nitriles is 1. The molecule has 0 aliphatic carbocycles. The van der Waals surface area contributed by atoms with Crippen molar-refractivity contribution in [2.24, 2.45) is 0 Å². The largest absolute Gasteiger partial charge is 0.494 e. The highest BCUT2D eigenvalue weighted by Crippen LogP contribution is 2.28. The minimum atomic E-state index is 0.295. The normalized spacial score (nSPS) is 12.9. The third-order valence-corrected chi connectivity index (χ3v) is 5.14. The molecular formula is C25H29NO3. The number of unbranched alkanes of at least 4 members (excludes halogenated alkanes) is 5. The highest BCUT2D eigenvalue weighted by atomic mass is 16.5. The van der Waals surface area contributed by atoms with E-state index in [1.807, 2.05) is 42.5 Å². The standard InChI is InChI=1S/C25H29NO3/c26-19-23(17-20-7-8-22-13-16-29-25(22)18-20)21-9-11-24(12-10-21)28-15-6-4-2-1-3-5-14-27/h7-12,17-18,27H,1-6,13-16H2. The van der Waals surface area contributed by atoms with Gasteiger partial charge in [-0.1, -0.05) is 37.8 Å². The van der Waals surface area contributed by atoms with Gasteiger partial charge in [0, 0.05) is 13.0 Å². The minimum Gasteiger partial charge on any atom is -0.494 e. The van der Waals surface area contributed by atoms with Crippen molar-refractivity contribution in [2.45, 2.75) is 44.9 Å². The topological polar surface area (TPSA) is 62.5 Å². The molecule has 1 aliphatic rings. The summed E-state index contributed by atoms with van der Waals surface area (Å²) in [5.74, 6) is 1.76. The fourth-order valence-corrected chi connectivity index (χ4v) is 3.46. The fourth-order valence-electron chi connectivity index (χ4n) is 3.46. The molecule has 0 fully saturated rings. The molecule has 1 heterocycles. The van der Waals surface area contributed by atoms with Gasteiger partial charge in [0.05, 0.1) is 24.9 Å². The van der Waals surface area contributed by atoms with Gasteiger partial charge in [-0.3, -0.25) is 0 Å². The molecule has 1 N–H and O–H groups in total. The highest BCUT2D eigenvalue weighted by Gasteiger charge is 2.12. The van der Waals surface area contributed by atoms with Gasteiger partial charge >= 0.3 is 0 Å². The first-order valence-corrected chi connectivity index (χ1v) is 10.5. The van der Waals surface area contributed by atoms with Gasteiger partial charge in [0.25, 0.3) is 0 Å². The Hall–Kier alpha value is -2.77. The van der Waals surface area contributed by atoms with Crippen molar-refractivity contribution in [1.82, 2.24) is 0 Å². The number of aliphatic hydroxyl groups is 1. The quantitative estimate of drug-likeness (QED) is 0.317. The molecule has 0 radical (unpaired) electrons. The van der Waals surface area contributed by atoms with Crippen LogP contribution in [0.3, 0.4) is 0 Å². The van der Waals surface area contributed by atoms with Crippen LogP contribution >= 0.6 is 0 Å². The van der Waals surface area contributed by atoms with Gasteiger partial charge in [-0.2, -0.15) is 5.26 Å². The molecule has 0 saturated heterocycles. The summed E-state index contributed by atoms with van der Waals surface area (Å²) < 4.78 is 11.4. The molecule has 152 valence electrons. The average Bonchev–Trinajstić information content (AvgIpc) is 3.22. The van der Waals surface area contributed by atoms with Crippen LogP contribution in [0.4, 0.5) is 0 Å². The molecule has 4 nitrogen and oxygen atoms in total. The molecule has 0 amide bonds. The molecule has 0 aromatic heterocycles. The van der Waals surface area contributed by atoms with Crippen LogP contribution in [0.2, 0.25) is 0 Å². The van der Waals surface area contributed by atoms with Crippen LogP contribution < -0.4 is 9.47 Å². The molecule has 0 bridgehead atoms. The van der Waals surface area contributed by atoms with Crippen LogP contribution in [-0.2, 0) is 6.42 Å². The van der Waals surface area contributed by atoms with Gasteiger partial charge in [-0.25, -0.2) is 0 Å². The van der Waals surface area contributed by atoms with Crippen LogP contribution in [0.1, 0.15) is 55.2 Å². The first-order valence-electron chi connectivity index (χ1n) is 10.5. The Morgan fingerprint density at radius 2 is 1.79 bits per heavy atom. The molecule has 0 unspecified atom stereocenters. The summed E-state index contributed by atoms with van der Waals surface area (Å²) in [5.41, 5.74) is 3.70. The SMILES string of the molecule is N#CC(=Cc1ccc2c(c1)OCC2)c1ccc(OCCCCCCCCO)cc1. The van der Waals surface area contributed by atoms with Gasteiger partial charge in [0.15, 0.2) is 0 Å². The summed E-state index contributed by atoms with van der Waals surface area (Å²) in [6.07, 6.45) is 9.40. The number of hydrogen-bond donors (Lipinski definition) is 1. The van der Waals surface area contributed by atoms with Crippen molar-refractivity contribution in [3.05, 3.63) is 59.2 Å². The highest BCUT2D eigenvalue weighted by molar-refractivity contribution is 5.89. The molecule has 0 saturated carbocycles. The van der Waals surface area contributed by atoms with E-state index in [9.17, 15) is 5.26 Å². The fraction of sp³-hybridized carbons (Fsp3) is 0.400. The van der Waals surface area contributed by atoms with Crippen molar-refractivity contribution in [2.75, 3.05) is 19.8 Å². The Labute approximate surface area is 173 Å². The molecule has 0 atom stereocenters. The molecular weight excluding hydrogens is 362 g/mol. The van der Waals surface area contributed by atoms with Crippen LogP contribution in [0.5, 0.6) is 11.5 Å². The van der Waals surface area contributed by atoms with Crippen molar-refractivity contribution in [3.8, 4) is 17.6 Å². The van der Waals surface area contributed by atoms with Gasteiger partial charge in [-0.15, -0.1) is 0 Å². The number of rotatable bonds is 11. The summed E-state index contributed by atoms with van der Waals surface area (Å²) in [4.78, 5) is 0. The average molecular weight is 392 g/mol. The number of allylic oxidation sites excluding steroid dienone is 1. The number of nitrogens with zero attached hydrogens (tertiary/aromatic N) is 1. The number of benzene rings is 2. The second-order valence-electron chi connectivity index (χ2n) is 7.35. The lowest BCUT2D eigenvalue weighted by atomic mass is 10.0. The summed E-state index contributed by atoms with van der Waals surface area (Å²) in [6, 6.07) is 16.1. The van der Waals surface area contributed by atoms with E-state index in [0.717, 1.165) is 61.3 Å². The lowest BCUT2D eigenvalue weighted by Gasteiger charge is -2.07. The first kappa shape index (κ1) is 21.0. The zero-order valence-corrected chi connectivity index (χ0v) is 16.9. The lowest BCUT2D eigenvalue weighted by Crippen LogP contribution is -1.97. The maximum absolute atomic E-state index is 9.59. The Morgan fingerprint density at radius 3 is 2.55 bits per heavy atom. The summed E-state index contributed by atoms with van der Waals surface area (Å²) >= 11 is 0. The molecule has 2 aromatic carbocycles. The van der Waals surface area contributed by atoms with Crippen molar-refractivity contribution < 1.29 is 14.6 Å². The Morgan fingerprint density at radius 1 is 1.03 bits per heavy atom. The van der Waals surface area contributed by atoms with Crippen molar-refractivity contribution >= 4 is 11.6 Å². The van der Waals surface area contributed by atoms with E-state index < -0.39 is 0 Å². The molecule has 3 rings (SSSR count). The van der Waals surface area contributed by atoms with E-state index >= 15 is 0 Å². The number of ether oxygens (including phenoxy) is 2. The number of hydrogen-bond acceptors (Lipinski definition) is 4. The van der Waals surface area contributed by atoms with Crippen molar-refractivity contribution in [3.63, 3.8) is 0 Å². The van der Waals surface area contributed by atoms with Gasteiger partial charge in [0.2, 0.25) is 0 Å². The maximum atomic E-state index is 9.59. The van der Waals surface area contributed by atoms with Gasteiger partial charge < -0.3 is 14.6 Å². The van der Waals surface area contributed by atoms with Gasteiger partial charge in [-0.05, 0) is 65.9 Å². The zero-order valence-electron chi connectivity index (χ0n) is 16.9. The predicted molar refractivity (Wildman–Crippen MR) is 116 cm³/mol. The van der Waals surface area contributed by atoms with E-state index in [4.69, 9.17) is 14.6 Å². The Kier molecular flexibility index (Phi) is 8.15. The second-order valence-corrected chi connectivity index (χ2v) is 7.35. The second kappa shape index (κ2) is 11.3. The van der Waals surface area contributed by atoms with E-state index in [0.29, 0.717) is 18.8 Å². The summed E-state index contributed by atoms with van der Waals surface area (Å²) in [5, 5.41) is 18.4. The smallest absolute Gasteiger partial charge is 0.123 e. The maximum Gasteiger partial charge on any atom is 0.123 e. The van der Waals surface area contributed by atoms with E-state index in [-0.39, 0.29) is 0 Å². The molecule has 0 spiro atoms. The zero-order chi connectivity index (χ0) is 20.3. The predicted octanol–water partition coefficient (Wildman–Crippen LogP) is 5.40. The Bertz CT molecular complexity index is 849. The minimum absolute atomic E-state index is 0.295. The van der Waals surface area contributed by atoms with Crippen LogP contribution in [0.25, 0.3) is 11.6 Å². The van der Waals surface area contributed by atoms with Crippen LogP contribution in [0.15, 0.2) is 42.5 Å². The third kappa shape index (κ3) is 6.37. The van der Waals surface area contributed by atoms with E-state index in [2.05, 4.69) is 12.1 Å². The lowest BCUT2D eigenvalue weighted by molar-refractivity contribution is 0.280. The Balaban J connectivity index is 1.50. The van der Waals surface area contributed by atoms with Crippen molar-refractivity contribution in [1.29, 1.82) is 5.26 Å². The number of aliphatic hydroxyl groups excluding tert-OH is 1.